The number of rotatable bonds is 7. The molecule has 0 radical (unpaired) electrons. The summed E-state index contributed by atoms with van der Waals surface area (Å²) in [4.78, 5) is 14.7. The first-order chi connectivity index (χ1) is 13.9. The molecule has 3 rings (SSSR count). The van der Waals surface area contributed by atoms with Crippen molar-refractivity contribution in [2.75, 3.05) is 32.7 Å². The van der Waals surface area contributed by atoms with E-state index >= 15 is 0 Å². The highest BCUT2D eigenvalue weighted by Crippen LogP contribution is 2.19. The zero-order valence-electron chi connectivity index (χ0n) is 17.1. The lowest BCUT2D eigenvalue weighted by Gasteiger charge is -2.34. The minimum absolute atomic E-state index is 0.0530. The Morgan fingerprint density at radius 2 is 1.72 bits per heavy atom. The Morgan fingerprint density at radius 3 is 2.38 bits per heavy atom. The molecule has 1 fully saturated rings. The lowest BCUT2D eigenvalue weighted by Crippen LogP contribution is -2.48. The van der Waals surface area contributed by atoms with Crippen molar-refractivity contribution in [3.8, 4) is 0 Å². The Morgan fingerprint density at radius 1 is 1.03 bits per heavy atom. The summed E-state index contributed by atoms with van der Waals surface area (Å²) in [6.07, 6.45) is 0.904. The third-order valence-corrected chi connectivity index (χ3v) is 7.03. The molecule has 0 aliphatic carbocycles. The second kappa shape index (κ2) is 9.52. The van der Waals surface area contributed by atoms with E-state index < -0.39 is 10.0 Å². The topological polar surface area (TPSA) is 69.7 Å². The van der Waals surface area contributed by atoms with Gasteiger partial charge in [-0.3, -0.25) is 9.69 Å². The van der Waals surface area contributed by atoms with Crippen LogP contribution in [0.3, 0.4) is 0 Å². The highest BCUT2D eigenvalue weighted by Gasteiger charge is 2.28. The van der Waals surface area contributed by atoms with Gasteiger partial charge in [0.05, 0.1) is 4.90 Å². The maximum atomic E-state index is 12.8. The molecular formula is C22H29N3O3S. The first-order valence-corrected chi connectivity index (χ1v) is 11.5. The quantitative estimate of drug-likeness (QED) is 0.755. The van der Waals surface area contributed by atoms with E-state index in [1.54, 1.807) is 16.4 Å². The van der Waals surface area contributed by atoms with Crippen molar-refractivity contribution in [2.24, 2.45) is 0 Å². The minimum atomic E-state index is -3.45. The SMILES string of the molecule is CCCNC(=O)c1cccc(CN2CCN(S(=O)(=O)c3ccc(C)cc3)CC2)c1. The average Bonchev–Trinajstić information content (AvgIpc) is 2.73. The number of piperazine rings is 1. The largest absolute Gasteiger partial charge is 0.352 e. The van der Waals surface area contributed by atoms with Crippen molar-refractivity contribution in [1.82, 2.24) is 14.5 Å². The molecule has 2 aromatic rings. The van der Waals surface area contributed by atoms with Crippen LogP contribution in [-0.4, -0.2) is 56.3 Å². The van der Waals surface area contributed by atoms with Gasteiger partial charge in [0.15, 0.2) is 0 Å². The highest BCUT2D eigenvalue weighted by molar-refractivity contribution is 7.89. The molecule has 29 heavy (non-hydrogen) atoms. The van der Waals surface area contributed by atoms with Crippen LogP contribution in [0.15, 0.2) is 53.4 Å². The molecule has 0 atom stereocenters. The smallest absolute Gasteiger partial charge is 0.251 e. The molecule has 1 aliphatic rings. The Hall–Kier alpha value is -2.22. The van der Waals surface area contributed by atoms with Gasteiger partial charge in [-0.25, -0.2) is 8.42 Å². The van der Waals surface area contributed by atoms with Crippen molar-refractivity contribution >= 4 is 15.9 Å². The van der Waals surface area contributed by atoms with E-state index in [0.29, 0.717) is 49.7 Å². The van der Waals surface area contributed by atoms with Crippen molar-refractivity contribution in [1.29, 1.82) is 0 Å². The number of sulfonamides is 1. The van der Waals surface area contributed by atoms with Crippen molar-refractivity contribution in [2.45, 2.75) is 31.7 Å². The van der Waals surface area contributed by atoms with Crippen molar-refractivity contribution < 1.29 is 13.2 Å². The molecule has 0 saturated carbocycles. The van der Waals surface area contributed by atoms with E-state index in [-0.39, 0.29) is 5.91 Å². The summed E-state index contributed by atoms with van der Waals surface area (Å²) in [6, 6.07) is 14.6. The van der Waals surface area contributed by atoms with Gasteiger partial charge in [-0.05, 0) is 43.2 Å². The van der Waals surface area contributed by atoms with Gasteiger partial charge in [-0.15, -0.1) is 0 Å². The fraction of sp³-hybridized carbons (Fsp3) is 0.409. The summed E-state index contributed by atoms with van der Waals surface area (Å²) in [5.74, 6) is -0.0530. The molecule has 2 aromatic carbocycles. The molecule has 6 nitrogen and oxygen atoms in total. The number of nitrogens with one attached hydrogen (secondary N) is 1. The van der Waals surface area contributed by atoms with E-state index in [1.807, 2.05) is 50.2 Å². The molecule has 1 N–H and O–H groups in total. The zero-order valence-corrected chi connectivity index (χ0v) is 17.9. The van der Waals surface area contributed by atoms with E-state index in [0.717, 1.165) is 17.5 Å². The maximum absolute atomic E-state index is 12.8. The number of nitrogens with zero attached hydrogens (tertiary/aromatic N) is 2. The van der Waals surface area contributed by atoms with Gasteiger partial charge in [-0.1, -0.05) is 36.8 Å². The molecular weight excluding hydrogens is 386 g/mol. The van der Waals surface area contributed by atoms with E-state index in [1.165, 1.54) is 0 Å². The number of hydrogen-bond acceptors (Lipinski definition) is 4. The van der Waals surface area contributed by atoms with E-state index in [4.69, 9.17) is 0 Å². The predicted molar refractivity (Wildman–Crippen MR) is 114 cm³/mol. The monoisotopic (exact) mass is 415 g/mol. The Balaban J connectivity index is 1.59. The first kappa shape index (κ1) is 21.5. The van der Waals surface area contributed by atoms with Crippen molar-refractivity contribution in [3.05, 3.63) is 65.2 Å². The average molecular weight is 416 g/mol. The number of hydrogen-bond donors (Lipinski definition) is 1. The molecule has 0 aromatic heterocycles. The maximum Gasteiger partial charge on any atom is 0.251 e. The van der Waals surface area contributed by atoms with Crippen LogP contribution in [0.1, 0.15) is 34.8 Å². The summed E-state index contributed by atoms with van der Waals surface area (Å²) in [6.45, 7) is 7.59. The third-order valence-electron chi connectivity index (χ3n) is 5.12. The van der Waals surface area contributed by atoms with Crippen molar-refractivity contribution in [3.63, 3.8) is 0 Å². The van der Waals surface area contributed by atoms with Gasteiger partial charge in [-0.2, -0.15) is 4.31 Å². The van der Waals surface area contributed by atoms with Crippen LogP contribution in [0.5, 0.6) is 0 Å². The number of amides is 1. The van der Waals surface area contributed by atoms with E-state index in [9.17, 15) is 13.2 Å². The van der Waals surface area contributed by atoms with Crippen LogP contribution >= 0.6 is 0 Å². The van der Waals surface area contributed by atoms with Crippen LogP contribution in [0.2, 0.25) is 0 Å². The molecule has 1 aliphatic heterocycles. The summed E-state index contributed by atoms with van der Waals surface area (Å²) >= 11 is 0. The summed E-state index contributed by atoms with van der Waals surface area (Å²) in [7, 11) is -3.45. The molecule has 0 unspecified atom stereocenters. The molecule has 0 spiro atoms. The van der Waals surface area contributed by atoms with Crippen LogP contribution in [0.25, 0.3) is 0 Å². The normalized spacial score (nSPS) is 15.9. The van der Waals surface area contributed by atoms with Gasteiger partial charge < -0.3 is 5.32 Å². The molecule has 156 valence electrons. The second-order valence-corrected chi connectivity index (χ2v) is 9.39. The lowest BCUT2D eigenvalue weighted by atomic mass is 10.1. The second-order valence-electron chi connectivity index (χ2n) is 7.45. The fourth-order valence-corrected chi connectivity index (χ4v) is 4.82. The van der Waals surface area contributed by atoms with Gasteiger partial charge in [0.2, 0.25) is 10.0 Å². The van der Waals surface area contributed by atoms with Crippen LogP contribution in [-0.2, 0) is 16.6 Å². The standard InChI is InChI=1S/C22H29N3O3S/c1-3-11-23-22(26)20-6-4-5-19(16-20)17-24-12-14-25(15-13-24)29(27,28)21-9-7-18(2)8-10-21/h4-10,16H,3,11-15,17H2,1-2H3,(H,23,26). The van der Waals surface area contributed by atoms with E-state index in [2.05, 4.69) is 10.2 Å². The lowest BCUT2D eigenvalue weighted by molar-refractivity contribution is 0.0953. The van der Waals surface area contributed by atoms with Gasteiger partial charge >= 0.3 is 0 Å². The predicted octanol–water partition coefficient (Wildman–Crippen LogP) is 2.64. The van der Waals surface area contributed by atoms with Crippen LogP contribution in [0, 0.1) is 6.92 Å². The number of benzene rings is 2. The molecule has 1 amide bonds. The molecule has 0 bridgehead atoms. The number of aryl methyl sites for hydroxylation is 1. The van der Waals surface area contributed by atoms with Gasteiger partial charge in [0.25, 0.3) is 5.91 Å². The third kappa shape index (κ3) is 5.44. The molecule has 1 heterocycles. The van der Waals surface area contributed by atoms with Gasteiger partial charge in [0, 0.05) is 44.8 Å². The fourth-order valence-electron chi connectivity index (χ4n) is 3.40. The van der Waals surface area contributed by atoms with Crippen LogP contribution < -0.4 is 5.32 Å². The first-order valence-electron chi connectivity index (χ1n) is 10.1. The van der Waals surface area contributed by atoms with Gasteiger partial charge in [0.1, 0.15) is 0 Å². The summed E-state index contributed by atoms with van der Waals surface area (Å²) < 4.78 is 27.2. The Labute approximate surface area is 173 Å². The van der Waals surface area contributed by atoms with Crippen LogP contribution in [0.4, 0.5) is 0 Å². The minimum Gasteiger partial charge on any atom is -0.352 e. The Bertz CT molecular complexity index is 934. The summed E-state index contributed by atoms with van der Waals surface area (Å²) in [5.41, 5.74) is 2.76. The number of carbonyl (C=O) groups excluding carboxylic acids is 1. The number of carbonyl (C=O) groups is 1. The highest BCUT2D eigenvalue weighted by atomic mass is 32.2. The zero-order chi connectivity index (χ0) is 20.9. The Kier molecular flexibility index (Phi) is 7.05. The molecule has 1 saturated heterocycles. The summed E-state index contributed by atoms with van der Waals surface area (Å²) in [5, 5.41) is 2.89. The molecule has 7 heteroatoms.